The van der Waals surface area contributed by atoms with Crippen LogP contribution >= 0.6 is 0 Å². The topological polar surface area (TPSA) is 93.8 Å². The van der Waals surface area contributed by atoms with Crippen molar-refractivity contribution in [3.63, 3.8) is 0 Å². The van der Waals surface area contributed by atoms with Crippen LogP contribution in [-0.4, -0.2) is 65.4 Å². The Balaban J connectivity index is 1.31. The summed E-state index contributed by atoms with van der Waals surface area (Å²) in [6.45, 7) is 7.82. The Morgan fingerprint density at radius 1 is 1.11 bits per heavy atom. The standard InChI is InChI=1S/C25H33F2N5O3/c1-15(2)34-25(33)31-8-6-17(7-9-31)16(3)35-19-11-29-24(30-12-19)32-13-21(23(28)14-32)20-10-18(26)4-5-22(20)27/h4-5,10-12,15-17,21,23H,6-9,13-14,28H2,1-3H3. The van der Waals surface area contributed by atoms with E-state index in [0.29, 0.717) is 43.8 Å². The summed E-state index contributed by atoms with van der Waals surface area (Å²) in [6, 6.07) is 3.07. The minimum Gasteiger partial charge on any atom is -0.487 e. The molecule has 1 amide bonds. The number of carbonyl (C=O) groups is 1. The second kappa shape index (κ2) is 10.7. The number of amides is 1. The molecule has 4 rings (SSSR count). The third kappa shape index (κ3) is 5.98. The van der Waals surface area contributed by atoms with Crippen LogP contribution in [-0.2, 0) is 4.74 Å². The van der Waals surface area contributed by atoms with Gasteiger partial charge in [0.25, 0.3) is 0 Å². The first-order valence-electron chi connectivity index (χ1n) is 12.1. The van der Waals surface area contributed by atoms with Gasteiger partial charge in [0.2, 0.25) is 5.95 Å². The summed E-state index contributed by atoms with van der Waals surface area (Å²) >= 11 is 0. The van der Waals surface area contributed by atoms with E-state index in [4.69, 9.17) is 15.2 Å². The normalized spacial score (nSPS) is 21.9. The fourth-order valence-corrected chi connectivity index (χ4v) is 4.79. The van der Waals surface area contributed by atoms with Gasteiger partial charge in [0.1, 0.15) is 11.6 Å². The highest BCUT2D eigenvalue weighted by Gasteiger charge is 2.34. The Morgan fingerprint density at radius 3 is 2.46 bits per heavy atom. The summed E-state index contributed by atoms with van der Waals surface area (Å²) in [5.41, 5.74) is 6.52. The van der Waals surface area contributed by atoms with Crippen molar-refractivity contribution in [3.05, 3.63) is 47.8 Å². The molecule has 8 nitrogen and oxygen atoms in total. The smallest absolute Gasteiger partial charge is 0.410 e. The largest absolute Gasteiger partial charge is 0.487 e. The van der Waals surface area contributed by atoms with Crippen LogP contribution in [0.2, 0.25) is 0 Å². The van der Waals surface area contributed by atoms with Gasteiger partial charge in [-0.15, -0.1) is 0 Å². The number of hydrogen-bond donors (Lipinski definition) is 1. The molecule has 0 aliphatic carbocycles. The number of nitrogens with zero attached hydrogens (tertiary/aromatic N) is 4. The second-order valence-corrected chi connectivity index (χ2v) is 9.64. The molecule has 3 heterocycles. The number of hydrogen-bond acceptors (Lipinski definition) is 7. The highest BCUT2D eigenvalue weighted by atomic mass is 19.1. The lowest BCUT2D eigenvalue weighted by atomic mass is 9.92. The minimum absolute atomic E-state index is 0.0618. The zero-order valence-corrected chi connectivity index (χ0v) is 20.4. The van der Waals surface area contributed by atoms with Crippen LogP contribution in [0.3, 0.4) is 0 Å². The Kier molecular flexibility index (Phi) is 7.69. The van der Waals surface area contributed by atoms with Gasteiger partial charge < -0.3 is 25.0 Å². The van der Waals surface area contributed by atoms with Crippen LogP contribution < -0.4 is 15.4 Å². The van der Waals surface area contributed by atoms with E-state index in [0.717, 1.165) is 25.0 Å². The van der Waals surface area contributed by atoms with Gasteiger partial charge in [-0.2, -0.15) is 0 Å². The molecule has 0 spiro atoms. The molecule has 0 bridgehead atoms. The predicted molar refractivity (Wildman–Crippen MR) is 127 cm³/mol. The Labute approximate surface area is 204 Å². The molecular weight excluding hydrogens is 456 g/mol. The molecular formula is C25H33F2N5O3. The minimum atomic E-state index is -0.486. The molecule has 2 aliphatic heterocycles. The molecule has 10 heteroatoms. The molecule has 2 saturated heterocycles. The SMILES string of the molecule is CC(C)OC(=O)N1CCC(C(C)Oc2cnc(N3CC(N)C(c4cc(F)ccc4F)C3)nc2)CC1. The fourth-order valence-electron chi connectivity index (χ4n) is 4.79. The van der Waals surface area contributed by atoms with Crippen molar-refractivity contribution in [2.45, 2.75) is 57.8 Å². The maximum absolute atomic E-state index is 14.2. The number of benzene rings is 1. The summed E-state index contributed by atoms with van der Waals surface area (Å²) in [6.07, 6.45) is 4.45. The first-order chi connectivity index (χ1) is 16.7. The summed E-state index contributed by atoms with van der Waals surface area (Å²) in [7, 11) is 0. The predicted octanol–water partition coefficient (Wildman–Crippen LogP) is 3.71. The number of carbonyl (C=O) groups excluding carboxylic acids is 1. The molecule has 1 aromatic carbocycles. The third-order valence-corrected chi connectivity index (χ3v) is 6.74. The van der Waals surface area contributed by atoms with Crippen LogP contribution in [0.5, 0.6) is 5.75 Å². The summed E-state index contributed by atoms with van der Waals surface area (Å²) in [5.74, 6) is 0.0242. The van der Waals surface area contributed by atoms with E-state index in [1.165, 1.54) is 6.07 Å². The van der Waals surface area contributed by atoms with Crippen LogP contribution in [0.4, 0.5) is 19.5 Å². The van der Waals surface area contributed by atoms with E-state index < -0.39 is 11.6 Å². The van der Waals surface area contributed by atoms with Gasteiger partial charge in [-0.1, -0.05) is 0 Å². The van der Waals surface area contributed by atoms with Crippen LogP contribution in [0.1, 0.15) is 45.1 Å². The van der Waals surface area contributed by atoms with Gasteiger partial charge >= 0.3 is 6.09 Å². The monoisotopic (exact) mass is 489 g/mol. The van der Waals surface area contributed by atoms with Crippen molar-refractivity contribution in [1.82, 2.24) is 14.9 Å². The number of piperidine rings is 1. The maximum Gasteiger partial charge on any atom is 0.410 e. The zero-order valence-electron chi connectivity index (χ0n) is 20.4. The second-order valence-electron chi connectivity index (χ2n) is 9.64. The molecule has 2 aromatic rings. The summed E-state index contributed by atoms with van der Waals surface area (Å²) < 4.78 is 39.3. The average molecular weight is 490 g/mol. The number of nitrogens with two attached hydrogens (primary N) is 1. The van der Waals surface area contributed by atoms with Gasteiger partial charge in [-0.05, 0) is 63.3 Å². The van der Waals surface area contributed by atoms with Gasteiger partial charge in [0, 0.05) is 38.1 Å². The molecule has 0 saturated carbocycles. The lowest BCUT2D eigenvalue weighted by Crippen LogP contribution is -2.42. The van der Waals surface area contributed by atoms with Crippen molar-refractivity contribution < 1.29 is 23.0 Å². The summed E-state index contributed by atoms with van der Waals surface area (Å²) in [4.78, 5) is 24.5. The number of likely N-dealkylation sites (tertiary alicyclic amines) is 1. The van der Waals surface area contributed by atoms with E-state index in [9.17, 15) is 13.6 Å². The molecule has 1 aromatic heterocycles. The molecule has 3 unspecified atom stereocenters. The van der Waals surface area contributed by atoms with E-state index >= 15 is 0 Å². The average Bonchev–Trinajstić information content (AvgIpc) is 3.22. The van der Waals surface area contributed by atoms with Crippen LogP contribution in [0, 0.1) is 17.6 Å². The van der Waals surface area contributed by atoms with Gasteiger partial charge in [-0.3, -0.25) is 0 Å². The molecule has 0 radical (unpaired) electrons. The Bertz CT molecular complexity index is 1010. The molecule has 190 valence electrons. The Morgan fingerprint density at radius 2 is 1.80 bits per heavy atom. The van der Waals surface area contributed by atoms with Crippen LogP contribution in [0.25, 0.3) is 0 Å². The van der Waals surface area contributed by atoms with Gasteiger partial charge in [0.05, 0.1) is 24.6 Å². The van der Waals surface area contributed by atoms with Crippen molar-refractivity contribution in [2.24, 2.45) is 11.7 Å². The van der Waals surface area contributed by atoms with Crippen molar-refractivity contribution >= 4 is 12.0 Å². The summed E-state index contributed by atoms with van der Waals surface area (Å²) in [5, 5.41) is 0. The van der Waals surface area contributed by atoms with Crippen molar-refractivity contribution in [1.29, 1.82) is 0 Å². The number of ether oxygens (including phenoxy) is 2. The van der Waals surface area contributed by atoms with E-state index in [1.807, 2.05) is 25.7 Å². The zero-order chi connectivity index (χ0) is 25.1. The van der Waals surface area contributed by atoms with Gasteiger partial charge in [-0.25, -0.2) is 23.5 Å². The molecule has 3 atom stereocenters. The lowest BCUT2D eigenvalue weighted by Gasteiger charge is -2.34. The lowest BCUT2D eigenvalue weighted by molar-refractivity contribution is 0.0494. The molecule has 2 aliphatic rings. The van der Waals surface area contributed by atoms with Crippen molar-refractivity contribution in [3.8, 4) is 5.75 Å². The Hall–Kier alpha value is -3.01. The van der Waals surface area contributed by atoms with Crippen molar-refractivity contribution in [2.75, 3.05) is 31.1 Å². The molecule has 35 heavy (non-hydrogen) atoms. The molecule has 2 N–H and O–H groups in total. The number of halogens is 2. The third-order valence-electron chi connectivity index (χ3n) is 6.74. The number of rotatable bonds is 6. The van der Waals surface area contributed by atoms with Crippen LogP contribution in [0.15, 0.2) is 30.6 Å². The quantitative estimate of drug-likeness (QED) is 0.661. The highest BCUT2D eigenvalue weighted by Crippen LogP contribution is 2.31. The number of anilines is 1. The number of aromatic nitrogens is 2. The van der Waals surface area contributed by atoms with Gasteiger partial charge in [0.15, 0.2) is 5.75 Å². The molecule has 2 fully saturated rings. The first kappa shape index (κ1) is 25.1. The van der Waals surface area contributed by atoms with E-state index in [2.05, 4.69) is 9.97 Å². The maximum atomic E-state index is 14.2. The van der Waals surface area contributed by atoms with E-state index in [1.54, 1.807) is 17.3 Å². The highest BCUT2D eigenvalue weighted by molar-refractivity contribution is 5.67. The fraction of sp³-hybridized carbons (Fsp3) is 0.560. The first-order valence-corrected chi connectivity index (χ1v) is 12.1. The van der Waals surface area contributed by atoms with E-state index in [-0.39, 0.29) is 35.8 Å².